The van der Waals surface area contributed by atoms with Crippen LogP contribution in [0, 0.1) is 0 Å². The summed E-state index contributed by atoms with van der Waals surface area (Å²) in [6.45, 7) is 0.479. The Kier molecular flexibility index (Phi) is 3.80. The van der Waals surface area contributed by atoms with Crippen LogP contribution in [0.4, 0.5) is 0 Å². The molecule has 5 nitrogen and oxygen atoms in total. The number of aromatic nitrogens is 1. The summed E-state index contributed by atoms with van der Waals surface area (Å²) in [7, 11) is 0. The van der Waals surface area contributed by atoms with Crippen LogP contribution in [0.2, 0.25) is 0 Å². The molecule has 1 amide bonds. The van der Waals surface area contributed by atoms with Crippen molar-refractivity contribution in [3.8, 4) is 16.2 Å². The number of amides is 1. The minimum absolute atomic E-state index is 0.237. The van der Waals surface area contributed by atoms with Gasteiger partial charge in [-0.1, -0.05) is 18.2 Å². The van der Waals surface area contributed by atoms with E-state index in [0.717, 1.165) is 21.8 Å². The van der Waals surface area contributed by atoms with Gasteiger partial charge in [-0.05, 0) is 30.3 Å². The van der Waals surface area contributed by atoms with Gasteiger partial charge in [-0.15, -0.1) is 11.3 Å². The lowest BCUT2D eigenvalue weighted by Crippen LogP contribution is -2.16. The molecule has 0 aliphatic carbocycles. The van der Waals surface area contributed by atoms with Gasteiger partial charge in [0.2, 0.25) is 0 Å². The number of para-hydroxylation sites is 1. The normalized spacial score (nSPS) is 12.3. The third kappa shape index (κ3) is 2.79. The summed E-state index contributed by atoms with van der Waals surface area (Å²) in [5.41, 5.74) is 5.28. The molecule has 0 unspecified atom stereocenters. The second kappa shape index (κ2) is 6.25. The molecular weight excluding hydrogens is 322 g/mol. The smallest absolute Gasteiger partial charge is 0.281 e. The van der Waals surface area contributed by atoms with E-state index >= 15 is 0 Å². The number of nitrogens with zero attached hydrogens (tertiary/aromatic N) is 2. The van der Waals surface area contributed by atoms with Gasteiger partial charge in [0.15, 0.2) is 0 Å². The number of hydrazone groups is 1. The van der Waals surface area contributed by atoms with Crippen molar-refractivity contribution >= 4 is 23.5 Å². The highest BCUT2D eigenvalue weighted by Crippen LogP contribution is 2.42. The molecule has 6 heteroatoms. The van der Waals surface area contributed by atoms with Crippen LogP contribution in [0.1, 0.15) is 20.9 Å². The minimum Gasteiger partial charge on any atom is -0.488 e. The number of hydrogen-bond donors (Lipinski definition) is 1. The van der Waals surface area contributed by atoms with Crippen molar-refractivity contribution in [2.45, 2.75) is 6.61 Å². The lowest BCUT2D eigenvalue weighted by molar-refractivity contribution is 0.0959. The highest BCUT2D eigenvalue weighted by Gasteiger charge is 2.22. The van der Waals surface area contributed by atoms with Crippen molar-refractivity contribution in [1.29, 1.82) is 0 Å². The molecule has 1 aliphatic rings. The zero-order valence-electron chi connectivity index (χ0n) is 12.6. The Bertz CT molecular complexity index is 919. The van der Waals surface area contributed by atoms with Gasteiger partial charge in [-0.3, -0.25) is 9.78 Å². The quantitative estimate of drug-likeness (QED) is 0.589. The monoisotopic (exact) mass is 335 g/mol. The van der Waals surface area contributed by atoms with Crippen molar-refractivity contribution in [2.75, 3.05) is 0 Å². The molecule has 3 heterocycles. The number of carbonyl (C=O) groups is 1. The third-order valence-corrected chi connectivity index (χ3v) is 4.81. The number of thiophene rings is 1. The van der Waals surface area contributed by atoms with Gasteiger partial charge in [-0.2, -0.15) is 5.10 Å². The Morgan fingerprint density at radius 2 is 2.12 bits per heavy atom. The van der Waals surface area contributed by atoms with Crippen LogP contribution in [0.3, 0.4) is 0 Å². The molecule has 1 N–H and O–H groups in total. The lowest BCUT2D eigenvalue weighted by atomic mass is 10.1. The van der Waals surface area contributed by atoms with E-state index in [1.165, 1.54) is 17.6 Å². The molecule has 0 saturated carbocycles. The standard InChI is InChI=1S/C18H13N3O2S/c22-18(21-20-10-13-5-3-4-8-19-13)16-9-12-11-23-15-7-2-1-6-14(15)17(12)24-16/h1-10H,11H2,(H,21,22)/b20-10+. The van der Waals surface area contributed by atoms with Gasteiger partial charge in [-0.25, -0.2) is 5.43 Å². The average Bonchev–Trinajstić information content (AvgIpc) is 3.07. The van der Waals surface area contributed by atoms with Gasteiger partial charge < -0.3 is 4.74 Å². The van der Waals surface area contributed by atoms with Gasteiger partial charge in [0, 0.05) is 22.2 Å². The molecule has 0 radical (unpaired) electrons. The summed E-state index contributed by atoms with van der Waals surface area (Å²) in [5, 5.41) is 3.96. The van der Waals surface area contributed by atoms with Crippen LogP contribution < -0.4 is 10.2 Å². The first-order chi connectivity index (χ1) is 11.8. The maximum Gasteiger partial charge on any atom is 0.281 e. The molecule has 24 heavy (non-hydrogen) atoms. The number of rotatable bonds is 3. The predicted molar refractivity (Wildman–Crippen MR) is 93.4 cm³/mol. The number of pyridine rings is 1. The van der Waals surface area contributed by atoms with Gasteiger partial charge in [0.1, 0.15) is 12.4 Å². The number of hydrogen-bond acceptors (Lipinski definition) is 5. The van der Waals surface area contributed by atoms with Crippen molar-refractivity contribution < 1.29 is 9.53 Å². The van der Waals surface area contributed by atoms with Crippen LogP contribution in [0.15, 0.2) is 59.8 Å². The van der Waals surface area contributed by atoms with E-state index in [0.29, 0.717) is 17.2 Å². The molecule has 3 aromatic rings. The molecule has 0 atom stereocenters. The Labute approximate surface area is 142 Å². The van der Waals surface area contributed by atoms with E-state index in [1.807, 2.05) is 48.5 Å². The van der Waals surface area contributed by atoms with Crippen molar-refractivity contribution in [1.82, 2.24) is 10.4 Å². The predicted octanol–water partition coefficient (Wildman–Crippen LogP) is 3.47. The molecule has 1 aliphatic heterocycles. The van der Waals surface area contributed by atoms with E-state index < -0.39 is 0 Å². The first kappa shape index (κ1) is 14.6. The molecule has 0 fully saturated rings. The molecule has 1 aromatic carbocycles. The molecular formula is C18H13N3O2S. The number of carbonyl (C=O) groups excluding carboxylic acids is 1. The Morgan fingerprint density at radius 1 is 1.25 bits per heavy atom. The maximum absolute atomic E-state index is 12.3. The van der Waals surface area contributed by atoms with Crippen LogP contribution in [0.5, 0.6) is 5.75 Å². The molecule has 0 saturated heterocycles. The number of fused-ring (bicyclic) bond motifs is 3. The SMILES string of the molecule is O=C(N/N=C/c1ccccn1)c1cc2c(s1)-c1ccccc1OC2. The first-order valence-corrected chi connectivity index (χ1v) is 8.22. The topological polar surface area (TPSA) is 63.6 Å². The number of benzene rings is 1. The summed E-state index contributed by atoms with van der Waals surface area (Å²) < 4.78 is 5.72. The lowest BCUT2D eigenvalue weighted by Gasteiger charge is -2.16. The van der Waals surface area contributed by atoms with Crippen LogP contribution >= 0.6 is 11.3 Å². The fraction of sp³-hybridized carbons (Fsp3) is 0.0556. The van der Waals surface area contributed by atoms with Crippen molar-refractivity contribution in [3.63, 3.8) is 0 Å². The van der Waals surface area contributed by atoms with Crippen LogP contribution in [-0.4, -0.2) is 17.1 Å². The first-order valence-electron chi connectivity index (χ1n) is 7.40. The minimum atomic E-state index is -0.237. The number of nitrogens with one attached hydrogen (secondary N) is 1. The summed E-state index contributed by atoms with van der Waals surface area (Å²) in [4.78, 5) is 18.1. The molecule has 0 spiro atoms. The zero-order valence-corrected chi connectivity index (χ0v) is 13.4. The Hall–Kier alpha value is -2.99. The molecule has 2 aromatic heterocycles. The largest absolute Gasteiger partial charge is 0.488 e. The fourth-order valence-corrected chi connectivity index (χ4v) is 3.56. The van der Waals surface area contributed by atoms with Crippen molar-refractivity contribution in [3.05, 3.63) is 70.9 Å². The summed E-state index contributed by atoms with van der Waals surface area (Å²) in [5.74, 6) is 0.617. The maximum atomic E-state index is 12.3. The molecule has 118 valence electrons. The summed E-state index contributed by atoms with van der Waals surface area (Å²) in [6.07, 6.45) is 3.19. The second-order valence-electron chi connectivity index (χ2n) is 5.20. The molecule has 0 bridgehead atoms. The van der Waals surface area contributed by atoms with Gasteiger partial charge in [0.25, 0.3) is 5.91 Å². The third-order valence-electron chi connectivity index (χ3n) is 3.60. The van der Waals surface area contributed by atoms with Crippen LogP contribution in [0.25, 0.3) is 10.4 Å². The second-order valence-corrected chi connectivity index (χ2v) is 6.26. The van der Waals surface area contributed by atoms with E-state index in [9.17, 15) is 4.79 Å². The van der Waals surface area contributed by atoms with E-state index in [1.54, 1.807) is 6.20 Å². The zero-order chi connectivity index (χ0) is 16.4. The molecule has 4 rings (SSSR count). The average molecular weight is 335 g/mol. The van der Waals surface area contributed by atoms with E-state index in [4.69, 9.17) is 4.74 Å². The fourth-order valence-electron chi connectivity index (χ4n) is 2.48. The Balaban J connectivity index is 1.53. The highest BCUT2D eigenvalue weighted by atomic mass is 32.1. The van der Waals surface area contributed by atoms with Gasteiger partial charge in [0.05, 0.1) is 16.8 Å². The van der Waals surface area contributed by atoms with Crippen molar-refractivity contribution in [2.24, 2.45) is 5.10 Å². The van der Waals surface area contributed by atoms with Crippen LogP contribution in [-0.2, 0) is 6.61 Å². The summed E-state index contributed by atoms with van der Waals surface area (Å²) >= 11 is 1.45. The van der Waals surface area contributed by atoms with E-state index in [2.05, 4.69) is 15.5 Å². The Morgan fingerprint density at radius 3 is 3.00 bits per heavy atom. The number of ether oxygens (including phenoxy) is 1. The van der Waals surface area contributed by atoms with E-state index in [-0.39, 0.29) is 5.91 Å². The summed E-state index contributed by atoms with van der Waals surface area (Å²) in [6, 6.07) is 15.2. The van der Waals surface area contributed by atoms with Gasteiger partial charge >= 0.3 is 0 Å². The highest BCUT2D eigenvalue weighted by molar-refractivity contribution is 7.17.